The van der Waals surface area contributed by atoms with E-state index in [2.05, 4.69) is 9.55 Å². The Morgan fingerprint density at radius 1 is 1.27 bits per heavy atom. The van der Waals surface area contributed by atoms with Gasteiger partial charge in [-0.15, -0.1) is 0 Å². The molecule has 3 rings (SSSR count). The fourth-order valence-corrected chi connectivity index (χ4v) is 3.80. The van der Waals surface area contributed by atoms with Crippen LogP contribution in [0.15, 0.2) is 36.7 Å². The highest BCUT2D eigenvalue weighted by Gasteiger charge is 2.23. The van der Waals surface area contributed by atoms with Crippen molar-refractivity contribution in [2.45, 2.75) is 44.4 Å². The Morgan fingerprint density at radius 2 is 2.04 bits per heavy atom. The van der Waals surface area contributed by atoms with Gasteiger partial charge in [0, 0.05) is 45.6 Å². The number of para-hydroxylation sites is 1. The summed E-state index contributed by atoms with van der Waals surface area (Å²) in [7, 11) is 3.54. The largest absolute Gasteiger partial charge is 0.385 e. The van der Waals surface area contributed by atoms with Gasteiger partial charge in [0.15, 0.2) is 0 Å². The molecule has 1 aliphatic carbocycles. The smallest absolute Gasteiger partial charge is 0.255 e. The van der Waals surface area contributed by atoms with Crippen molar-refractivity contribution in [3.05, 3.63) is 48.0 Å². The molecule has 0 N–H and O–H groups in total. The molecular formula is C21H29N3O2. The fourth-order valence-electron chi connectivity index (χ4n) is 3.80. The van der Waals surface area contributed by atoms with Crippen molar-refractivity contribution in [2.75, 3.05) is 27.3 Å². The molecule has 2 aromatic rings. The monoisotopic (exact) mass is 355 g/mol. The lowest BCUT2D eigenvalue weighted by atomic mass is 9.88. The Hall–Kier alpha value is -2.14. The van der Waals surface area contributed by atoms with Crippen molar-refractivity contribution in [1.82, 2.24) is 14.5 Å². The summed E-state index contributed by atoms with van der Waals surface area (Å²) in [5.41, 5.74) is 1.65. The average molecular weight is 355 g/mol. The van der Waals surface area contributed by atoms with Crippen LogP contribution in [0.4, 0.5) is 0 Å². The zero-order chi connectivity index (χ0) is 18.4. The Balaban J connectivity index is 1.86. The molecule has 0 bridgehead atoms. The van der Waals surface area contributed by atoms with Gasteiger partial charge in [0.2, 0.25) is 0 Å². The van der Waals surface area contributed by atoms with Crippen molar-refractivity contribution < 1.29 is 9.53 Å². The third kappa shape index (κ3) is 4.15. The number of nitrogens with zero attached hydrogens (tertiary/aromatic N) is 3. The van der Waals surface area contributed by atoms with E-state index >= 15 is 0 Å². The fraction of sp³-hybridized carbons (Fsp3) is 0.524. The zero-order valence-electron chi connectivity index (χ0n) is 15.9. The third-order valence-electron chi connectivity index (χ3n) is 5.22. The third-order valence-corrected chi connectivity index (χ3v) is 5.22. The molecule has 1 aromatic carbocycles. The van der Waals surface area contributed by atoms with E-state index in [9.17, 15) is 4.79 Å². The highest BCUT2D eigenvalue weighted by atomic mass is 16.5. The first-order valence-electron chi connectivity index (χ1n) is 9.59. The van der Waals surface area contributed by atoms with Crippen molar-refractivity contribution in [3.8, 4) is 5.69 Å². The van der Waals surface area contributed by atoms with E-state index in [0.29, 0.717) is 19.1 Å². The van der Waals surface area contributed by atoms with Crippen molar-refractivity contribution in [1.29, 1.82) is 0 Å². The minimum absolute atomic E-state index is 0.0417. The summed E-state index contributed by atoms with van der Waals surface area (Å²) < 4.78 is 7.21. The highest BCUT2D eigenvalue weighted by molar-refractivity contribution is 5.97. The van der Waals surface area contributed by atoms with Crippen LogP contribution < -0.4 is 0 Å². The molecule has 1 saturated carbocycles. The summed E-state index contributed by atoms with van der Waals surface area (Å²) in [6, 6.07) is 7.85. The van der Waals surface area contributed by atoms with Gasteiger partial charge in [-0.1, -0.05) is 31.4 Å². The Kier molecular flexibility index (Phi) is 6.45. The molecule has 1 fully saturated rings. The Labute approximate surface area is 156 Å². The number of aromatic nitrogens is 2. The normalized spacial score (nSPS) is 15.2. The van der Waals surface area contributed by atoms with Gasteiger partial charge in [-0.2, -0.15) is 0 Å². The number of methoxy groups -OCH3 is 1. The van der Waals surface area contributed by atoms with Crippen LogP contribution in [-0.4, -0.2) is 47.7 Å². The maximum atomic E-state index is 13.0. The second kappa shape index (κ2) is 8.99. The standard InChI is InChI=1S/C21H29N3O2/c1-23(14-8-16-26-2)21(25)18-11-6-7-12-19(18)24-15-13-22-20(24)17-9-4-3-5-10-17/h6-7,11-13,15,17H,3-5,8-10,14,16H2,1-2H3. The number of imidazole rings is 1. The van der Waals surface area contributed by atoms with Gasteiger partial charge in [0.05, 0.1) is 11.3 Å². The number of hydrogen-bond donors (Lipinski definition) is 0. The Morgan fingerprint density at radius 3 is 2.81 bits per heavy atom. The maximum Gasteiger partial charge on any atom is 0.255 e. The van der Waals surface area contributed by atoms with E-state index in [-0.39, 0.29) is 5.91 Å². The van der Waals surface area contributed by atoms with Gasteiger partial charge >= 0.3 is 0 Å². The topological polar surface area (TPSA) is 47.4 Å². The van der Waals surface area contributed by atoms with E-state index in [1.807, 2.05) is 43.7 Å². The number of rotatable bonds is 7. The molecule has 0 spiro atoms. The first-order valence-corrected chi connectivity index (χ1v) is 9.59. The highest BCUT2D eigenvalue weighted by Crippen LogP contribution is 2.33. The first-order chi connectivity index (χ1) is 12.7. The van der Waals surface area contributed by atoms with E-state index in [0.717, 1.165) is 23.5 Å². The first kappa shape index (κ1) is 18.6. The number of benzene rings is 1. The van der Waals surface area contributed by atoms with Crippen LogP contribution >= 0.6 is 0 Å². The van der Waals surface area contributed by atoms with Gasteiger partial charge < -0.3 is 14.2 Å². The minimum Gasteiger partial charge on any atom is -0.385 e. The van der Waals surface area contributed by atoms with E-state index < -0.39 is 0 Å². The Bertz CT molecular complexity index is 720. The lowest BCUT2D eigenvalue weighted by Crippen LogP contribution is -2.29. The molecule has 140 valence electrons. The van der Waals surface area contributed by atoms with Gasteiger partial charge in [0.25, 0.3) is 5.91 Å². The summed E-state index contributed by atoms with van der Waals surface area (Å²) in [6.45, 7) is 1.34. The second-order valence-electron chi connectivity index (χ2n) is 7.08. The quantitative estimate of drug-likeness (QED) is 0.705. The van der Waals surface area contributed by atoms with Crippen LogP contribution in [0.3, 0.4) is 0 Å². The van der Waals surface area contributed by atoms with Gasteiger partial charge in [-0.3, -0.25) is 4.79 Å². The zero-order valence-corrected chi connectivity index (χ0v) is 15.9. The molecule has 1 heterocycles. The second-order valence-corrected chi connectivity index (χ2v) is 7.08. The molecule has 0 atom stereocenters. The number of carbonyl (C=O) groups excluding carboxylic acids is 1. The average Bonchev–Trinajstić information content (AvgIpc) is 3.18. The van der Waals surface area contributed by atoms with Crippen molar-refractivity contribution in [3.63, 3.8) is 0 Å². The van der Waals surface area contributed by atoms with Gasteiger partial charge in [-0.25, -0.2) is 4.98 Å². The van der Waals surface area contributed by atoms with Crippen LogP contribution in [-0.2, 0) is 4.74 Å². The maximum absolute atomic E-state index is 13.0. The SMILES string of the molecule is COCCCN(C)C(=O)c1ccccc1-n1ccnc1C1CCCCC1. The molecule has 5 nitrogen and oxygen atoms in total. The van der Waals surface area contributed by atoms with Crippen LogP contribution in [0.1, 0.15) is 60.6 Å². The molecule has 1 aromatic heterocycles. The summed E-state index contributed by atoms with van der Waals surface area (Å²) in [5.74, 6) is 1.62. The number of ether oxygens (including phenoxy) is 1. The molecule has 1 aliphatic rings. The van der Waals surface area contributed by atoms with Crippen LogP contribution in [0.5, 0.6) is 0 Å². The lowest BCUT2D eigenvalue weighted by Gasteiger charge is -2.24. The summed E-state index contributed by atoms with van der Waals surface area (Å²) in [5, 5.41) is 0. The summed E-state index contributed by atoms with van der Waals surface area (Å²) >= 11 is 0. The van der Waals surface area contributed by atoms with Crippen LogP contribution in [0.2, 0.25) is 0 Å². The van der Waals surface area contributed by atoms with Gasteiger partial charge in [0.1, 0.15) is 5.82 Å². The summed E-state index contributed by atoms with van der Waals surface area (Å²) in [4.78, 5) is 19.4. The molecule has 1 amide bonds. The molecule has 5 heteroatoms. The number of hydrogen-bond acceptors (Lipinski definition) is 3. The lowest BCUT2D eigenvalue weighted by molar-refractivity contribution is 0.0779. The molecule has 0 saturated heterocycles. The predicted molar refractivity (Wildman–Crippen MR) is 103 cm³/mol. The molecule has 0 unspecified atom stereocenters. The van der Waals surface area contributed by atoms with Crippen molar-refractivity contribution >= 4 is 5.91 Å². The molecule has 0 aliphatic heterocycles. The molecular weight excluding hydrogens is 326 g/mol. The summed E-state index contributed by atoms with van der Waals surface area (Å²) in [6.07, 6.45) is 10.9. The van der Waals surface area contributed by atoms with Crippen LogP contribution in [0, 0.1) is 0 Å². The van der Waals surface area contributed by atoms with Crippen LogP contribution in [0.25, 0.3) is 5.69 Å². The molecule has 0 radical (unpaired) electrons. The minimum atomic E-state index is 0.0417. The van der Waals surface area contributed by atoms with E-state index in [1.165, 1.54) is 32.1 Å². The van der Waals surface area contributed by atoms with Gasteiger partial charge in [-0.05, 0) is 31.4 Å². The van der Waals surface area contributed by atoms with E-state index in [1.54, 1.807) is 12.0 Å². The van der Waals surface area contributed by atoms with E-state index in [4.69, 9.17) is 4.74 Å². The number of carbonyl (C=O) groups is 1. The van der Waals surface area contributed by atoms with Crippen molar-refractivity contribution in [2.24, 2.45) is 0 Å². The molecule has 26 heavy (non-hydrogen) atoms. The predicted octanol–water partition coefficient (Wildman–Crippen LogP) is 4.03. The number of amides is 1.